The molecule has 2 N–H and O–H groups in total. The molecule has 2 atom stereocenters. The first-order chi connectivity index (χ1) is 8.02. The van der Waals surface area contributed by atoms with Gasteiger partial charge in [-0.2, -0.15) is 0 Å². The van der Waals surface area contributed by atoms with Crippen molar-refractivity contribution >= 4 is 11.9 Å². The van der Waals surface area contributed by atoms with Crippen LogP contribution in [0.2, 0.25) is 0 Å². The third kappa shape index (κ3) is 1.89. The Bertz CT molecular complexity index is 469. The van der Waals surface area contributed by atoms with Crippen molar-refractivity contribution in [2.75, 3.05) is 0 Å². The lowest BCUT2D eigenvalue weighted by atomic mass is 10.1. The molecule has 1 amide bonds. The molecule has 0 fully saturated rings. The van der Waals surface area contributed by atoms with Crippen molar-refractivity contribution in [3.05, 3.63) is 35.4 Å². The lowest BCUT2D eigenvalue weighted by molar-refractivity contribution is -0.146. The summed E-state index contributed by atoms with van der Waals surface area (Å²) in [6, 6.07) is 5.79. The van der Waals surface area contributed by atoms with Crippen molar-refractivity contribution in [1.29, 1.82) is 0 Å². The summed E-state index contributed by atoms with van der Waals surface area (Å²) in [4.78, 5) is 24.3. The molecule has 0 aliphatic carbocycles. The predicted octanol–water partition coefficient (Wildman–Crippen LogP) is 0.476. The summed E-state index contributed by atoms with van der Waals surface area (Å²) < 4.78 is 0. The zero-order valence-electron chi connectivity index (χ0n) is 9.33. The number of nitrogens with zero attached hydrogens (tertiary/aromatic N) is 1. The Balaban J connectivity index is 2.33. The van der Waals surface area contributed by atoms with Gasteiger partial charge in [0.05, 0.1) is 6.10 Å². The number of hydrogen-bond donors (Lipinski definition) is 2. The Morgan fingerprint density at radius 2 is 2.06 bits per heavy atom. The molecule has 2 rings (SSSR count). The maximum Gasteiger partial charge on any atom is 0.329 e. The van der Waals surface area contributed by atoms with Gasteiger partial charge in [0.15, 0.2) is 6.04 Å². The number of carboxylic acid groups (broad SMARTS) is 1. The molecular formula is C12H13NO4. The highest BCUT2D eigenvalue weighted by molar-refractivity contribution is 6.00. The van der Waals surface area contributed by atoms with Gasteiger partial charge in [-0.05, 0) is 18.6 Å². The first-order valence-electron chi connectivity index (χ1n) is 5.32. The zero-order chi connectivity index (χ0) is 12.6. The highest BCUT2D eigenvalue weighted by Crippen LogP contribution is 2.25. The summed E-state index contributed by atoms with van der Waals surface area (Å²) >= 11 is 0. The number of carbonyl (C=O) groups excluding carboxylic acids is 1. The molecule has 90 valence electrons. The van der Waals surface area contributed by atoms with Crippen LogP contribution >= 0.6 is 0 Å². The van der Waals surface area contributed by atoms with E-state index in [1.807, 2.05) is 0 Å². The largest absolute Gasteiger partial charge is 0.480 e. The maximum atomic E-state index is 12.0. The number of fused-ring (bicyclic) bond motifs is 1. The average Bonchev–Trinajstić information content (AvgIpc) is 2.56. The molecule has 0 spiro atoms. The van der Waals surface area contributed by atoms with Gasteiger partial charge < -0.3 is 15.1 Å². The molecule has 1 aliphatic heterocycles. The lowest BCUT2D eigenvalue weighted by Gasteiger charge is -2.26. The molecule has 17 heavy (non-hydrogen) atoms. The van der Waals surface area contributed by atoms with Crippen molar-refractivity contribution < 1.29 is 19.8 Å². The SMILES string of the molecule is C[C@H](O)[C@H](C(=O)O)N1Cc2ccccc2C1=O. The van der Waals surface area contributed by atoms with E-state index in [4.69, 9.17) is 5.11 Å². The van der Waals surface area contributed by atoms with Crippen LogP contribution in [0.4, 0.5) is 0 Å². The number of carboxylic acids is 1. The quantitative estimate of drug-likeness (QED) is 0.798. The number of rotatable bonds is 3. The minimum absolute atomic E-state index is 0.233. The lowest BCUT2D eigenvalue weighted by Crippen LogP contribution is -2.48. The number of aliphatic hydroxyl groups excluding tert-OH is 1. The number of aliphatic hydroxyl groups is 1. The summed E-state index contributed by atoms with van der Waals surface area (Å²) in [6.07, 6.45) is -1.11. The molecule has 1 aromatic rings. The standard InChI is InChI=1S/C12H13NO4/c1-7(14)10(12(16)17)13-6-8-4-2-3-5-9(8)11(13)15/h2-5,7,10,14H,6H2,1H3,(H,16,17)/t7-,10+/m0/s1. The van der Waals surface area contributed by atoms with E-state index in [0.717, 1.165) is 5.56 Å². The fourth-order valence-corrected chi connectivity index (χ4v) is 2.10. The van der Waals surface area contributed by atoms with Crippen LogP contribution in [0.25, 0.3) is 0 Å². The Hall–Kier alpha value is -1.88. The number of amides is 1. The Morgan fingerprint density at radius 1 is 1.41 bits per heavy atom. The fourth-order valence-electron chi connectivity index (χ4n) is 2.10. The Kier molecular flexibility index (Phi) is 2.85. The molecular weight excluding hydrogens is 222 g/mol. The van der Waals surface area contributed by atoms with Gasteiger partial charge in [-0.25, -0.2) is 4.79 Å². The minimum Gasteiger partial charge on any atom is -0.480 e. The van der Waals surface area contributed by atoms with Crippen molar-refractivity contribution in [3.63, 3.8) is 0 Å². The predicted molar refractivity (Wildman–Crippen MR) is 59.4 cm³/mol. The number of aliphatic carboxylic acids is 1. The van der Waals surface area contributed by atoms with Gasteiger partial charge in [0.25, 0.3) is 5.91 Å². The van der Waals surface area contributed by atoms with Gasteiger partial charge in [0.1, 0.15) is 0 Å². The van der Waals surface area contributed by atoms with E-state index in [9.17, 15) is 14.7 Å². The van der Waals surface area contributed by atoms with Crippen molar-refractivity contribution in [1.82, 2.24) is 4.90 Å². The van der Waals surface area contributed by atoms with Crippen LogP contribution in [-0.4, -0.2) is 39.1 Å². The van der Waals surface area contributed by atoms with E-state index in [1.54, 1.807) is 24.3 Å². The van der Waals surface area contributed by atoms with Gasteiger partial charge in [0.2, 0.25) is 0 Å². The van der Waals surface area contributed by atoms with Crippen LogP contribution in [0.1, 0.15) is 22.8 Å². The van der Waals surface area contributed by atoms with Gasteiger partial charge in [0, 0.05) is 12.1 Å². The highest BCUT2D eigenvalue weighted by Gasteiger charge is 2.38. The van der Waals surface area contributed by atoms with Crippen molar-refractivity contribution in [2.24, 2.45) is 0 Å². The molecule has 1 aliphatic rings. The summed E-state index contributed by atoms with van der Waals surface area (Å²) in [5.41, 5.74) is 1.31. The van der Waals surface area contributed by atoms with E-state index in [-0.39, 0.29) is 12.5 Å². The van der Waals surface area contributed by atoms with Crippen LogP contribution in [0.3, 0.4) is 0 Å². The Labute approximate surface area is 98.3 Å². The summed E-state index contributed by atoms with van der Waals surface area (Å²) in [6.45, 7) is 1.60. The second-order valence-electron chi connectivity index (χ2n) is 4.11. The van der Waals surface area contributed by atoms with Crippen LogP contribution in [0.5, 0.6) is 0 Å². The summed E-state index contributed by atoms with van der Waals surface area (Å²) in [5.74, 6) is -1.53. The number of hydrogen-bond acceptors (Lipinski definition) is 3. The third-order valence-electron chi connectivity index (χ3n) is 2.90. The second kappa shape index (κ2) is 4.18. The van der Waals surface area contributed by atoms with E-state index < -0.39 is 18.1 Å². The normalized spacial score (nSPS) is 17.8. The van der Waals surface area contributed by atoms with Gasteiger partial charge in [-0.15, -0.1) is 0 Å². The second-order valence-corrected chi connectivity index (χ2v) is 4.11. The molecule has 0 saturated heterocycles. The molecule has 1 aromatic carbocycles. The molecule has 0 aromatic heterocycles. The molecule has 1 heterocycles. The molecule has 0 bridgehead atoms. The van der Waals surface area contributed by atoms with E-state index >= 15 is 0 Å². The van der Waals surface area contributed by atoms with Crippen LogP contribution < -0.4 is 0 Å². The van der Waals surface area contributed by atoms with Gasteiger partial charge in [-0.3, -0.25) is 4.79 Å². The van der Waals surface area contributed by atoms with Gasteiger partial charge >= 0.3 is 5.97 Å². The summed E-state index contributed by atoms with van der Waals surface area (Å²) in [7, 11) is 0. The topological polar surface area (TPSA) is 77.8 Å². The van der Waals surface area contributed by atoms with Crippen molar-refractivity contribution in [2.45, 2.75) is 25.6 Å². The Morgan fingerprint density at radius 3 is 2.59 bits per heavy atom. The zero-order valence-corrected chi connectivity index (χ0v) is 9.33. The molecule has 0 saturated carbocycles. The van der Waals surface area contributed by atoms with Gasteiger partial charge in [-0.1, -0.05) is 18.2 Å². The fraction of sp³-hybridized carbons (Fsp3) is 0.333. The molecule has 5 nitrogen and oxygen atoms in total. The maximum absolute atomic E-state index is 12.0. The van der Waals surface area contributed by atoms with E-state index in [0.29, 0.717) is 5.56 Å². The number of carbonyl (C=O) groups is 2. The van der Waals surface area contributed by atoms with Crippen molar-refractivity contribution in [3.8, 4) is 0 Å². The van der Waals surface area contributed by atoms with E-state index in [1.165, 1.54) is 11.8 Å². The first kappa shape index (κ1) is 11.6. The van der Waals surface area contributed by atoms with Crippen LogP contribution in [-0.2, 0) is 11.3 Å². The smallest absolute Gasteiger partial charge is 0.329 e. The van der Waals surface area contributed by atoms with Crippen LogP contribution in [0.15, 0.2) is 24.3 Å². The molecule has 5 heteroatoms. The highest BCUT2D eigenvalue weighted by atomic mass is 16.4. The average molecular weight is 235 g/mol. The number of benzene rings is 1. The minimum atomic E-state index is -1.20. The third-order valence-corrected chi connectivity index (χ3v) is 2.90. The monoisotopic (exact) mass is 235 g/mol. The summed E-state index contributed by atoms with van der Waals surface area (Å²) in [5, 5.41) is 18.5. The van der Waals surface area contributed by atoms with Crippen LogP contribution in [0, 0.1) is 0 Å². The first-order valence-corrected chi connectivity index (χ1v) is 5.32. The van der Waals surface area contributed by atoms with E-state index in [2.05, 4.69) is 0 Å². The molecule has 0 unspecified atom stereocenters. The molecule has 0 radical (unpaired) electrons.